The quantitative estimate of drug-likeness (QED) is 0.586. The smallest absolute Gasteiger partial charge is 0.158 e. The average Bonchev–Trinajstić information content (AvgIpc) is 1.96. The molecule has 3 nitrogen and oxygen atoms in total. The normalized spacial score (nSPS) is 21.6. The Bertz CT molecular complexity index is 318. The fraction of sp³-hybridized carbons (Fsp3) is 0.444. The topological polar surface area (TPSA) is 64.7 Å². The van der Waals surface area contributed by atoms with E-state index in [-0.39, 0.29) is 17.1 Å². The molecule has 0 saturated carbocycles. The van der Waals surface area contributed by atoms with Crippen LogP contribution in [0.1, 0.15) is 20.3 Å². The number of nitrogens with one attached hydrogen (secondary N) is 1. The summed E-state index contributed by atoms with van der Waals surface area (Å²) in [4.78, 5) is 11.1. The first-order valence-electron chi connectivity index (χ1n) is 3.71. The molecule has 0 heterocycles. The minimum Gasteiger partial charge on any atom is -0.303 e. The summed E-state index contributed by atoms with van der Waals surface area (Å²) in [5.41, 5.74) is -0.00229. The summed E-state index contributed by atoms with van der Waals surface area (Å²) >= 11 is 0. The van der Waals surface area contributed by atoms with Crippen molar-refractivity contribution in [1.82, 2.24) is 0 Å². The summed E-state index contributed by atoms with van der Waals surface area (Å²) in [6, 6.07) is 1.86. The van der Waals surface area contributed by atoms with Gasteiger partial charge in [0, 0.05) is 17.9 Å². The lowest BCUT2D eigenvalue weighted by Crippen LogP contribution is -2.31. The molecular formula is C9H10N2O. The van der Waals surface area contributed by atoms with Crippen molar-refractivity contribution in [1.29, 1.82) is 10.7 Å². The highest BCUT2D eigenvalue weighted by Gasteiger charge is 2.32. The van der Waals surface area contributed by atoms with Crippen molar-refractivity contribution in [3.8, 4) is 6.07 Å². The molecule has 0 amide bonds. The van der Waals surface area contributed by atoms with E-state index in [2.05, 4.69) is 0 Å². The molecule has 0 aromatic rings. The van der Waals surface area contributed by atoms with E-state index in [1.54, 1.807) is 13.8 Å². The zero-order valence-corrected chi connectivity index (χ0v) is 7.14. The Labute approximate surface area is 71.2 Å². The molecule has 0 aliphatic heterocycles. The van der Waals surface area contributed by atoms with Crippen LogP contribution in [-0.2, 0) is 4.79 Å². The maximum Gasteiger partial charge on any atom is 0.158 e. The van der Waals surface area contributed by atoms with Crippen LogP contribution >= 0.6 is 0 Å². The SMILES string of the molecule is CC1(C)CC(=O)C=C(C#N)C1=N. The van der Waals surface area contributed by atoms with E-state index in [4.69, 9.17) is 10.7 Å². The molecule has 0 bridgehead atoms. The van der Waals surface area contributed by atoms with E-state index in [1.807, 2.05) is 6.07 Å². The first kappa shape index (κ1) is 8.66. The Balaban J connectivity index is 3.15. The molecule has 0 radical (unpaired) electrons. The van der Waals surface area contributed by atoms with Crippen molar-refractivity contribution in [3.05, 3.63) is 11.6 Å². The van der Waals surface area contributed by atoms with Crippen LogP contribution in [-0.4, -0.2) is 11.5 Å². The van der Waals surface area contributed by atoms with Gasteiger partial charge in [-0.15, -0.1) is 0 Å². The minimum atomic E-state index is -0.475. The van der Waals surface area contributed by atoms with Gasteiger partial charge in [0.1, 0.15) is 6.07 Å². The van der Waals surface area contributed by atoms with Gasteiger partial charge in [-0.25, -0.2) is 0 Å². The van der Waals surface area contributed by atoms with Crippen molar-refractivity contribution in [3.63, 3.8) is 0 Å². The van der Waals surface area contributed by atoms with E-state index in [0.717, 1.165) is 0 Å². The Morgan fingerprint density at radius 2 is 2.25 bits per heavy atom. The lowest BCUT2D eigenvalue weighted by molar-refractivity contribution is -0.115. The van der Waals surface area contributed by atoms with Gasteiger partial charge in [0.25, 0.3) is 0 Å². The number of allylic oxidation sites excluding steroid dienone is 2. The average molecular weight is 162 g/mol. The van der Waals surface area contributed by atoms with Crippen molar-refractivity contribution >= 4 is 11.5 Å². The van der Waals surface area contributed by atoms with Crippen LogP contribution in [0.2, 0.25) is 0 Å². The van der Waals surface area contributed by atoms with E-state index >= 15 is 0 Å². The van der Waals surface area contributed by atoms with Crippen molar-refractivity contribution in [2.24, 2.45) is 5.41 Å². The molecule has 1 aliphatic carbocycles. The molecule has 0 saturated heterocycles. The summed E-state index contributed by atoms with van der Waals surface area (Å²) in [5.74, 6) is -0.0625. The van der Waals surface area contributed by atoms with Crippen LogP contribution in [0.5, 0.6) is 0 Å². The zero-order valence-electron chi connectivity index (χ0n) is 7.14. The first-order chi connectivity index (χ1) is 5.47. The fourth-order valence-corrected chi connectivity index (χ4v) is 1.26. The lowest BCUT2D eigenvalue weighted by Gasteiger charge is -2.27. The second-order valence-corrected chi connectivity index (χ2v) is 3.57. The Morgan fingerprint density at radius 3 is 2.75 bits per heavy atom. The largest absolute Gasteiger partial charge is 0.303 e. The number of hydrogen-bond donors (Lipinski definition) is 1. The Hall–Kier alpha value is -1.43. The molecule has 1 rings (SSSR count). The molecule has 12 heavy (non-hydrogen) atoms. The van der Waals surface area contributed by atoms with Crippen LogP contribution in [0.3, 0.4) is 0 Å². The highest BCUT2D eigenvalue weighted by atomic mass is 16.1. The summed E-state index contributed by atoms with van der Waals surface area (Å²) in [5, 5.41) is 16.2. The molecule has 3 heteroatoms. The van der Waals surface area contributed by atoms with Crippen LogP contribution in [0.15, 0.2) is 11.6 Å². The van der Waals surface area contributed by atoms with Gasteiger partial charge in [0.05, 0.1) is 11.3 Å². The van der Waals surface area contributed by atoms with Gasteiger partial charge in [-0.1, -0.05) is 13.8 Å². The maximum atomic E-state index is 11.1. The molecular weight excluding hydrogens is 152 g/mol. The molecule has 0 aromatic heterocycles. The van der Waals surface area contributed by atoms with E-state index in [9.17, 15) is 4.79 Å². The number of ketones is 1. The summed E-state index contributed by atoms with van der Waals surface area (Å²) < 4.78 is 0. The minimum absolute atomic E-state index is 0.0625. The van der Waals surface area contributed by atoms with Gasteiger partial charge in [0.2, 0.25) is 0 Å². The van der Waals surface area contributed by atoms with Crippen molar-refractivity contribution in [2.45, 2.75) is 20.3 Å². The first-order valence-corrected chi connectivity index (χ1v) is 3.71. The molecule has 1 aliphatic rings. The predicted molar refractivity (Wildman–Crippen MR) is 44.8 cm³/mol. The number of nitriles is 1. The second-order valence-electron chi connectivity index (χ2n) is 3.57. The van der Waals surface area contributed by atoms with Gasteiger partial charge in [-0.2, -0.15) is 5.26 Å². The fourth-order valence-electron chi connectivity index (χ4n) is 1.26. The summed E-state index contributed by atoms with van der Waals surface area (Å²) in [6.45, 7) is 3.61. The van der Waals surface area contributed by atoms with Gasteiger partial charge >= 0.3 is 0 Å². The second kappa shape index (κ2) is 2.56. The molecule has 62 valence electrons. The maximum absolute atomic E-state index is 11.1. The highest BCUT2D eigenvalue weighted by molar-refractivity contribution is 6.14. The van der Waals surface area contributed by atoms with Gasteiger partial charge in [-0.3, -0.25) is 4.79 Å². The third-order valence-corrected chi connectivity index (χ3v) is 1.99. The van der Waals surface area contributed by atoms with E-state index < -0.39 is 5.41 Å². The van der Waals surface area contributed by atoms with Gasteiger partial charge in [0.15, 0.2) is 5.78 Å². The van der Waals surface area contributed by atoms with E-state index in [0.29, 0.717) is 6.42 Å². The van der Waals surface area contributed by atoms with Gasteiger partial charge in [-0.05, 0) is 0 Å². The van der Waals surface area contributed by atoms with Crippen LogP contribution in [0.25, 0.3) is 0 Å². The van der Waals surface area contributed by atoms with E-state index in [1.165, 1.54) is 6.08 Å². The third kappa shape index (κ3) is 1.28. The number of nitrogens with zero attached hydrogens (tertiary/aromatic N) is 1. The lowest BCUT2D eigenvalue weighted by atomic mass is 9.75. The summed E-state index contributed by atoms with van der Waals surface area (Å²) in [6.07, 6.45) is 1.59. The Morgan fingerprint density at radius 1 is 1.67 bits per heavy atom. The van der Waals surface area contributed by atoms with Crippen LogP contribution in [0.4, 0.5) is 0 Å². The Kier molecular flexibility index (Phi) is 1.85. The van der Waals surface area contributed by atoms with Crippen molar-refractivity contribution < 1.29 is 4.79 Å². The predicted octanol–water partition coefficient (Wildman–Crippen LogP) is 1.46. The molecule has 0 atom stereocenters. The standard InChI is InChI=1S/C9H10N2O/c1-9(2)4-7(12)3-6(5-10)8(9)11/h3,11H,4H2,1-2H3. The number of rotatable bonds is 0. The molecule has 0 aromatic carbocycles. The molecule has 1 N–H and O–H groups in total. The highest BCUT2D eigenvalue weighted by Crippen LogP contribution is 2.29. The van der Waals surface area contributed by atoms with Crippen molar-refractivity contribution in [2.75, 3.05) is 0 Å². The number of carbonyl (C=O) groups is 1. The number of carbonyl (C=O) groups excluding carboxylic acids is 1. The zero-order chi connectivity index (χ0) is 9.35. The molecule has 0 unspecified atom stereocenters. The number of hydrogen-bond acceptors (Lipinski definition) is 3. The molecule has 0 spiro atoms. The van der Waals surface area contributed by atoms with Gasteiger partial charge < -0.3 is 5.41 Å². The van der Waals surface area contributed by atoms with Crippen LogP contribution in [0, 0.1) is 22.2 Å². The molecule has 0 fully saturated rings. The monoisotopic (exact) mass is 162 g/mol. The summed E-state index contributed by atoms with van der Waals surface area (Å²) in [7, 11) is 0. The third-order valence-electron chi connectivity index (χ3n) is 1.99. The van der Waals surface area contributed by atoms with Crippen LogP contribution < -0.4 is 0 Å².